The number of hydrogen-bond donors (Lipinski definition) is 5. The minimum atomic E-state index is -2.44. The molecule has 71 valence electrons. The van der Waals surface area contributed by atoms with Crippen LogP contribution in [0.25, 0.3) is 0 Å². The molecule has 0 spiro atoms. The average Bonchev–Trinajstić information content (AvgIpc) is 2.02. The predicted octanol–water partition coefficient (Wildman–Crippen LogP) is -3.09. The van der Waals surface area contributed by atoms with Crippen LogP contribution in [0.5, 0.6) is 0 Å². The highest BCUT2D eigenvalue weighted by Gasteiger charge is 2.48. The molecule has 1 saturated heterocycles. The first kappa shape index (κ1) is 9.85. The van der Waals surface area contributed by atoms with Gasteiger partial charge in [0, 0.05) is 0 Å². The first-order valence-corrected chi connectivity index (χ1v) is 3.48. The molecule has 1 rings (SSSR count). The van der Waals surface area contributed by atoms with Crippen LogP contribution in [0.4, 0.5) is 0 Å². The van der Waals surface area contributed by atoms with Gasteiger partial charge in [-0.2, -0.15) is 0 Å². The van der Waals surface area contributed by atoms with Gasteiger partial charge in [0.25, 0.3) is 0 Å². The molecule has 0 unspecified atom stereocenters. The van der Waals surface area contributed by atoms with Crippen molar-refractivity contribution in [1.29, 1.82) is 0 Å². The molecule has 0 amide bonds. The van der Waals surface area contributed by atoms with Gasteiger partial charge in [0.2, 0.25) is 5.79 Å². The van der Waals surface area contributed by atoms with Crippen molar-refractivity contribution in [1.82, 2.24) is 0 Å². The van der Waals surface area contributed by atoms with Crippen molar-refractivity contribution in [2.45, 2.75) is 24.0 Å². The summed E-state index contributed by atoms with van der Waals surface area (Å²) in [6.07, 6.45) is -2.65. The third-order valence-electron chi connectivity index (χ3n) is 1.86. The van der Waals surface area contributed by atoms with E-state index in [1.165, 1.54) is 0 Å². The lowest BCUT2D eigenvalue weighted by Gasteiger charge is -2.40. The van der Waals surface area contributed by atoms with Gasteiger partial charge in [0.15, 0.2) is 0 Å². The molecule has 1 fully saturated rings. The Labute approximate surface area is 69.2 Å². The summed E-state index contributed by atoms with van der Waals surface area (Å²) in [5, 5.41) is 36.1. The molecule has 12 heavy (non-hydrogen) atoms. The molecule has 1 aliphatic heterocycles. The molecule has 6 N–H and O–H groups in total. The van der Waals surface area contributed by atoms with Crippen LogP contribution in [-0.4, -0.2) is 51.1 Å². The average molecular weight is 178 g/mol. The molecule has 0 aliphatic carbocycles. The van der Waals surface area contributed by atoms with E-state index in [2.05, 4.69) is 0 Å². The lowest BCUT2D eigenvalue weighted by molar-refractivity contribution is -0.286. The zero-order valence-electron chi connectivity index (χ0n) is 6.29. The SMILES string of the molecule is N[C@H]1[CH]O[C@H](CO)[C@@H](O)C1(O)O. The van der Waals surface area contributed by atoms with Gasteiger partial charge in [-0.05, 0) is 0 Å². The van der Waals surface area contributed by atoms with Gasteiger partial charge in [-0.3, -0.25) is 0 Å². The summed E-state index contributed by atoms with van der Waals surface area (Å²) in [5.41, 5.74) is 5.20. The smallest absolute Gasteiger partial charge is 0.210 e. The van der Waals surface area contributed by atoms with Crippen LogP contribution in [0.15, 0.2) is 0 Å². The van der Waals surface area contributed by atoms with Crippen molar-refractivity contribution in [2.24, 2.45) is 5.73 Å². The first-order valence-electron chi connectivity index (χ1n) is 3.48. The maximum atomic E-state index is 9.18. The number of aliphatic hydroxyl groups is 4. The number of rotatable bonds is 1. The van der Waals surface area contributed by atoms with Crippen molar-refractivity contribution in [3.05, 3.63) is 6.61 Å². The van der Waals surface area contributed by atoms with E-state index in [9.17, 15) is 15.3 Å². The maximum Gasteiger partial charge on any atom is 0.210 e. The zero-order chi connectivity index (χ0) is 9.35. The number of ether oxygens (including phenoxy) is 1. The lowest BCUT2D eigenvalue weighted by atomic mass is 9.95. The van der Waals surface area contributed by atoms with Crippen LogP contribution in [0.1, 0.15) is 0 Å². The van der Waals surface area contributed by atoms with E-state index in [4.69, 9.17) is 15.6 Å². The summed E-state index contributed by atoms with van der Waals surface area (Å²) >= 11 is 0. The predicted molar refractivity (Wildman–Crippen MR) is 37.4 cm³/mol. The maximum absolute atomic E-state index is 9.18. The van der Waals surface area contributed by atoms with Crippen molar-refractivity contribution < 1.29 is 25.2 Å². The third-order valence-corrected chi connectivity index (χ3v) is 1.86. The van der Waals surface area contributed by atoms with Crippen LogP contribution >= 0.6 is 0 Å². The van der Waals surface area contributed by atoms with E-state index >= 15 is 0 Å². The largest absolute Gasteiger partial charge is 0.394 e. The Kier molecular flexibility index (Phi) is 2.67. The topological polar surface area (TPSA) is 116 Å². The van der Waals surface area contributed by atoms with Crippen LogP contribution in [0.2, 0.25) is 0 Å². The molecular weight excluding hydrogens is 166 g/mol. The Morgan fingerprint density at radius 1 is 1.50 bits per heavy atom. The monoisotopic (exact) mass is 178 g/mol. The zero-order valence-corrected chi connectivity index (χ0v) is 6.29. The molecule has 0 aromatic heterocycles. The Morgan fingerprint density at radius 3 is 2.58 bits per heavy atom. The molecule has 0 bridgehead atoms. The second-order valence-corrected chi connectivity index (χ2v) is 2.75. The van der Waals surface area contributed by atoms with Crippen molar-refractivity contribution in [3.63, 3.8) is 0 Å². The number of aliphatic hydroxyl groups excluding tert-OH is 2. The second-order valence-electron chi connectivity index (χ2n) is 2.75. The Balaban J connectivity index is 2.71. The molecule has 0 saturated carbocycles. The number of hydrogen-bond acceptors (Lipinski definition) is 6. The van der Waals surface area contributed by atoms with E-state index in [0.717, 1.165) is 6.61 Å². The van der Waals surface area contributed by atoms with Gasteiger partial charge in [-0.25, -0.2) is 0 Å². The minimum Gasteiger partial charge on any atom is -0.394 e. The molecule has 3 atom stereocenters. The molecule has 0 aromatic rings. The standard InChI is InChI=1S/C6H12NO5/c7-4-2-12-3(1-8)5(9)6(4,10)11/h2-5,8-11H,1,7H2/t3-,4+,5-/m1/s1. The van der Waals surface area contributed by atoms with Gasteiger partial charge in [-0.1, -0.05) is 0 Å². The van der Waals surface area contributed by atoms with Crippen molar-refractivity contribution in [2.75, 3.05) is 6.61 Å². The van der Waals surface area contributed by atoms with Gasteiger partial charge < -0.3 is 30.9 Å². The summed E-state index contributed by atoms with van der Waals surface area (Å²) in [4.78, 5) is 0. The van der Waals surface area contributed by atoms with E-state index in [1.807, 2.05) is 0 Å². The number of nitrogens with two attached hydrogens (primary N) is 1. The van der Waals surface area contributed by atoms with Gasteiger partial charge in [-0.15, -0.1) is 0 Å². The molecule has 6 nitrogen and oxygen atoms in total. The van der Waals surface area contributed by atoms with Gasteiger partial charge in [0.1, 0.15) is 18.8 Å². The van der Waals surface area contributed by atoms with Crippen LogP contribution in [0, 0.1) is 6.61 Å². The third kappa shape index (κ3) is 1.45. The lowest BCUT2D eigenvalue weighted by Crippen LogP contribution is -2.65. The normalized spacial score (nSPS) is 41.2. The molecule has 1 heterocycles. The van der Waals surface area contributed by atoms with Gasteiger partial charge in [0.05, 0.1) is 12.6 Å². The summed E-state index contributed by atoms with van der Waals surface area (Å²) < 4.78 is 4.72. The molecular formula is C6H12NO5. The summed E-state index contributed by atoms with van der Waals surface area (Å²) in [6, 6.07) is -1.18. The Hall–Kier alpha value is -0.240. The fraction of sp³-hybridized carbons (Fsp3) is 0.833. The van der Waals surface area contributed by atoms with Crippen LogP contribution in [0.3, 0.4) is 0 Å². The second kappa shape index (κ2) is 3.25. The fourth-order valence-corrected chi connectivity index (χ4v) is 0.974. The Bertz CT molecular complexity index is 162. The summed E-state index contributed by atoms with van der Waals surface area (Å²) in [5.74, 6) is -2.44. The molecule has 6 heteroatoms. The Morgan fingerprint density at radius 2 is 2.08 bits per heavy atom. The first-order chi connectivity index (χ1) is 5.50. The highest BCUT2D eigenvalue weighted by atomic mass is 16.6. The summed E-state index contributed by atoms with van der Waals surface area (Å²) in [6.45, 7) is 0.473. The van der Waals surface area contributed by atoms with Crippen LogP contribution in [-0.2, 0) is 4.74 Å². The van der Waals surface area contributed by atoms with Crippen molar-refractivity contribution in [3.8, 4) is 0 Å². The summed E-state index contributed by atoms with van der Waals surface area (Å²) in [7, 11) is 0. The quantitative estimate of drug-likeness (QED) is 0.272. The highest BCUT2D eigenvalue weighted by Crippen LogP contribution is 2.23. The minimum absolute atomic E-state index is 0.507. The van der Waals surface area contributed by atoms with Crippen molar-refractivity contribution >= 4 is 0 Å². The molecule has 1 aliphatic rings. The fourth-order valence-electron chi connectivity index (χ4n) is 0.974. The van der Waals surface area contributed by atoms with E-state index < -0.39 is 30.6 Å². The highest BCUT2D eigenvalue weighted by molar-refractivity contribution is 4.99. The van der Waals surface area contributed by atoms with E-state index in [1.54, 1.807) is 0 Å². The van der Waals surface area contributed by atoms with E-state index in [-0.39, 0.29) is 0 Å². The van der Waals surface area contributed by atoms with E-state index in [0.29, 0.717) is 0 Å². The van der Waals surface area contributed by atoms with Gasteiger partial charge >= 0.3 is 0 Å². The van der Waals surface area contributed by atoms with Crippen LogP contribution < -0.4 is 5.73 Å². The molecule has 1 radical (unpaired) electrons. The molecule has 0 aromatic carbocycles.